The molecule has 0 aliphatic rings. The third-order valence-corrected chi connectivity index (χ3v) is 2.37. The van der Waals surface area contributed by atoms with Gasteiger partial charge >= 0.3 is 0 Å². The number of nitrogens with zero attached hydrogens (tertiary/aromatic N) is 3. The average Bonchev–Trinajstić information content (AvgIpc) is 2.89. The Labute approximate surface area is 104 Å². The SMILES string of the molecule is COc1cc(C)nc(NCC(O)c2cnc[nH]2)n1. The number of aliphatic hydroxyl groups excluding tert-OH is 1. The lowest BCUT2D eigenvalue weighted by atomic mass is 10.3. The van der Waals surface area contributed by atoms with E-state index in [1.807, 2.05) is 6.92 Å². The van der Waals surface area contributed by atoms with Gasteiger partial charge in [0.05, 0.1) is 25.3 Å². The van der Waals surface area contributed by atoms with Crippen molar-refractivity contribution in [1.29, 1.82) is 0 Å². The molecule has 7 nitrogen and oxygen atoms in total. The van der Waals surface area contributed by atoms with E-state index in [2.05, 4.69) is 25.3 Å². The summed E-state index contributed by atoms with van der Waals surface area (Å²) in [6.07, 6.45) is 2.40. The minimum Gasteiger partial charge on any atom is -0.481 e. The number of aryl methyl sites for hydroxylation is 1. The first kappa shape index (κ1) is 12.3. The summed E-state index contributed by atoms with van der Waals surface area (Å²) >= 11 is 0. The van der Waals surface area contributed by atoms with Crippen molar-refractivity contribution in [1.82, 2.24) is 19.9 Å². The van der Waals surface area contributed by atoms with Gasteiger partial charge in [-0.1, -0.05) is 0 Å². The third kappa shape index (κ3) is 2.95. The van der Waals surface area contributed by atoms with Gasteiger partial charge in [-0.3, -0.25) is 0 Å². The maximum Gasteiger partial charge on any atom is 0.226 e. The van der Waals surface area contributed by atoms with Crippen molar-refractivity contribution in [2.75, 3.05) is 19.0 Å². The van der Waals surface area contributed by atoms with Gasteiger partial charge in [0.2, 0.25) is 11.8 Å². The first-order chi connectivity index (χ1) is 8.69. The molecule has 2 aromatic rings. The molecule has 0 saturated carbocycles. The molecule has 96 valence electrons. The lowest BCUT2D eigenvalue weighted by Crippen LogP contribution is -2.14. The fraction of sp³-hybridized carbons (Fsp3) is 0.364. The molecule has 0 aromatic carbocycles. The van der Waals surface area contributed by atoms with Crippen LogP contribution < -0.4 is 10.1 Å². The van der Waals surface area contributed by atoms with Crippen LogP contribution in [0.5, 0.6) is 5.88 Å². The highest BCUT2D eigenvalue weighted by Gasteiger charge is 2.09. The Bertz CT molecular complexity index is 500. The number of nitrogens with one attached hydrogen (secondary N) is 2. The zero-order valence-electron chi connectivity index (χ0n) is 10.2. The van der Waals surface area contributed by atoms with Crippen molar-refractivity contribution in [3.63, 3.8) is 0 Å². The van der Waals surface area contributed by atoms with Crippen LogP contribution in [0.2, 0.25) is 0 Å². The molecular formula is C11H15N5O2. The lowest BCUT2D eigenvalue weighted by Gasteiger charge is -2.11. The number of aliphatic hydroxyl groups is 1. The predicted molar refractivity (Wildman–Crippen MR) is 65.4 cm³/mol. The number of anilines is 1. The minimum atomic E-state index is -0.692. The third-order valence-electron chi connectivity index (χ3n) is 2.37. The Morgan fingerprint density at radius 1 is 1.50 bits per heavy atom. The summed E-state index contributed by atoms with van der Waals surface area (Å²) in [7, 11) is 1.55. The second kappa shape index (κ2) is 5.46. The lowest BCUT2D eigenvalue weighted by molar-refractivity contribution is 0.187. The summed E-state index contributed by atoms with van der Waals surface area (Å²) in [5.41, 5.74) is 1.43. The highest BCUT2D eigenvalue weighted by Crippen LogP contribution is 2.13. The summed E-state index contributed by atoms with van der Waals surface area (Å²) in [6.45, 7) is 2.13. The van der Waals surface area contributed by atoms with Crippen LogP contribution in [0, 0.1) is 6.92 Å². The van der Waals surface area contributed by atoms with Gasteiger partial charge in [0, 0.05) is 18.3 Å². The molecule has 0 bridgehead atoms. The number of aromatic amines is 1. The van der Waals surface area contributed by atoms with Gasteiger partial charge < -0.3 is 20.1 Å². The highest BCUT2D eigenvalue weighted by molar-refractivity contribution is 5.30. The first-order valence-corrected chi connectivity index (χ1v) is 5.49. The van der Waals surface area contributed by atoms with Crippen molar-refractivity contribution in [2.45, 2.75) is 13.0 Å². The van der Waals surface area contributed by atoms with E-state index in [0.717, 1.165) is 5.69 Å². The maximum atomic E-state index is 9.85. The van der Waals surface area contributed by atoms with E-state index >= 15 is 0 Å². The Balaban J connectivity index is 1.99. The van der Waals surface area contributed by atoms with Gasteiger partial charge in [-0.2, -0.15) is 4.98 Å². The van der Waals surface area contributed by atoms with Crippen LogP contribution >= 0.6 is 0 Å². The van der Waals surface area contributed by atoms with Crippen LogP contribution in [0.25, 0.3) is 0 Å². The van der Waals surface area contributed by atoms with Crippen molar-refractivity contribution in [3.05, 3.63) is 30.0 Å². The van der Waals surface area contributed by atoms with E-state index in [9.17, 15) is 5.11 Å². The summed E-state index contributed by atoms with van der Waals surface area (Å²) in [4.78, 5) is 15.0. The second-order valence-corrected chi connectivity index (χ2v) is 3.78. The summed E-state index contributed by atoms with van der Waals surface area (Å²) in [6, 6.07) is 1.73. The van der Waals surface area contributed by atoms with E-state index < -0.39 is 6.10 Å². The molecule has 7 heteroatoms. The molecule has 0 saturated heterocycles. The van der Waals surface area contributed by atoms with E-state index in [4.69, 9.17) is 4.74 Å². The molecule has 1 unspecified atom stereocenters. The molecule has 2 rings (SSSR count). The van der Waals surface area contributed by atoms with E-state index in [0.29, 0.717) is 17.5 Å². The second-order valence-electron chi connectivity index (χ2n) is 3.78. The van der Waals surface area contributed by atoms with Crippen LogP contribution in [0.3, 0.4) is 0 Å². The molecular weight excluding hydrogens is 234 g/mol. The van der Waals surface area contributed by atoms with Crippen LogP contribution in [0.1, 0.15) is 17.5 Å². The van der Waals surface area contributed by atoms with Gasteiger partial charge in [-0.05, 0) is 6.92 Å². The first-order valence-electron chi connectivity index (χ1n) is 5.49. The normalized spacial score (nSPS) is 12.2. The number of aromatic nitrogens is 4. The van der Waals surface area contributed by atoms with Gasteiger partial charge in [-0.25, -0.2) is 9.97 Å². The number of methoxy groups -OCH3 is 1. The van der Waals surface area contributed by atoms with Gasteiger partial charge in [0.15, 0.2) is 0 Å². The van der Waals surface area contributed by atoms with Gasteiger partial charge in [0.25, 0.3) is 0 Å². The Morgan fingerprint density at radius 2 is 2.33 bits per heavy atom. The molecule has 2 aromatic heterocycles. The molecule has 0 radical (unpaired) electrons. The van der Waals surface area contributed by atoms with E-state index in [-0.39, 0.29) is 6.54 Å². The smallest absolute Gasteiger partial charge is 0.226 e. The van der Waals surface area contributed by atoms with Crippen LogP contribution in [-0.2, 0) is 0 Å². The summed E-state index contributed by atoms with van der Waals surface area (Å²) < 4.78 is 5.04. The fourth-order valence-electron chi connectivity index (χ4n) is 1.47. The fourth-order valence-corrected chi connectivity index (χ4v) is 1.47. The topological polar surface area (TPSA) is 96.0 Å². The van der Waals surface area contributed by atoms with Crippen molar-refractivity contribution >= 4 is 5.95 Å². The number of H-pyrrole nitrogens is 1. The molecule has 0 spiro atoms. The molecule has 0 fully saturated rings. The zero-order chi connectivity index (χ0) is 13.0. The average molecular weight is 249 g/mol. The number of hydrogen-bond donors (Lipinski definition) is 3. The molecule has 0 amide bonds. The number of imidazole rings is 1. The standard InChI is InChI=1S/C11H15N5O2/c1-7-3-10(18-2)16-11(15-7)13-5-9(17)8-4-12-6-14-8/h3-4,6,9,17H,5H2,1-2H3,(H,12,14)(H,13,15,16). The summed E-state index contributed by atoms with van der Waals surface area (Å²) in [5.74, 6) is 0.909. The predicted octanol–water partition coefficient (Wildman–Crippen LogP) is 0.662. The molecule has 18 heavy (non-hydrogen) atoms. The van der Waals surface area contributed by atoms with Crippen molar-refractivity contribution in [2.24, 2.45) is 0 Å². The molecule has 0 aliphatic heterocycles. The van der Waals surface area contributed by atoms with Crippen LogP contribution in [-0.4, -0.2) is 38.7 Å². The van der Waals surface area contributed by atoms with Crippen molar-refractivity contribution in [3.8, 4) is 5.88 Å². The monoisotopic (exact) mass is 249 g/mol. The molecule has 2 heterocycles. The highest BCUT2D eigenvalue weighted by atomic mass is 16.5. The van der Waals surface area contributed by atoms with E-state index in [1.54, 1.807) is 19.4 Å². The Hall–Kier alpha value is -2.15. The number of hydrogen-bond acceptors (Lipinski definition) is 6. The molecule has 3 N–H and O–H groups in total. The largest absolute Gasteiger partial charge is 0.481 e. The Kier molecular flexibility index (Phi) is 3.73. The summed E-state index contributed by atoms with van der Waals surface area (Å²) in [5, 5.41) is 12.8. The number of ether oxygens (including phenoxy) is 1. The van der Waals surface area contributed by atoms with Crippen LogP contribution in [0.4, 0.5) is 5.95 Å². The van der Waals surface area contributed by atoms with Gasteiger partial charge in [0.1, 0.15) is 6.10 Å². The van der Waals surface area contributed by atoms with Gasteiger partial charge in [-0.15, -0.1) is 0 Å². The van der Waals surface area contributed by atoms with Crippen molar-refractivity contribution < 1.29 is 9.84 Å². The van der Waals surface area contributed by atoms with E-state index in [1.165, 1.54) is 6.33 Å². The molecule has 0 aliphatic carbocycles. The molecule has 1 atom stereocenters. The zero-order valence-corrected chi connectivity index (χ0v) is 10.2. The quantitative estimate of drug-likeness (QED) is 0.720. The maximum absolute atomic E-state index is 9.85. The minimum absolute atomic E-state index is 0.287. The Morgan fingerprint density at radius 3 is 3.00 bits per heavy atom. The van der Waals surface area contributed by atoms with Crippen LogP contribution in [0.15, 0.2) is 18.6 Å². The number of rotatable bonds is 5.